The van der Waals surface area contributed by atoms with Crippen LogP contribution >= 0.6 is 15.9 Å². The Balaban J connectivity index is 0.000000582. The maximum atomic E-state index is 12.7. The van der Waals surface area contributed by atoms with Crippen molar-refractivity contribution in [2.24, 2.45) is 0 Å². The molecule has 0 atom stereocenters. The lowest BCUT2D eigenvalue weighted by Crippen LogP contribution is -2.41. The molecule has 0 saturated carbocycles. The fraction of sp³-hybridized carbons (Fsp3) is 0.455. The fourth-order valence-electron chi connectivity index (χ4n) is 3.03. The molecule has 11 heteroatoms. The number of aliphatic carboxylic acids is 2. The molecule has 184 valence electrons. The van der Waals surface area contributed by atoms with Crippen LogP contribution in [0.5, 0.6) is 0 Å². The minimum atomic E-state index is -3.40. The minimum absolute atomic E-state index is 0.154. The van der Waals surface area contributed by atoms with Crippen molar-refractivity contribution in [1.82, 2.24) is 9.21 Å². The number of hydrogen-bond donors (Lipinski definition) is 2. The van der Waals surface area contributed by atoms with Gasteiger partial charge in [-0.1, -0.05) is 22.0 Å². The topological polar surface area (TPSA) is 124 Å². The zero-order valence-corrected chi connectivity index (χ0v) is 21.0. The van der Waals surface area contributed by atoms with Gasteiger partial charge in [-0.15, -0.1) is 6.58 Å². The van der Waals surface area contributed by atoms with Gasteiger partial charge in [0.25, 0.3) is 0 Å². The van der Waals surface area contributed by atoms with Gasteiger partial charge in [0.2, 0.25) is 10.0 Å². The first kappa shape index (κ1) is 29.0. The third kappa shape index (κ3) is 11.6. The van der Waals surface area contributed by atoms with Crippen molar-refractivity contribution in [2.45, 2.75) is 30.3 Å². The normalized spacial score (nSPS) is 15.2. The first-order chi connectivity index (χ1) is 15.6. The first-order valence-corrected chi connectivity index (χ1v) is 12.6. The Morgan fingerprint density at radius 1 is 1.18 bits per heavy atom. The maximum absolute atomic E-state index is 12.7. The van der Waals surface area contributed by atoms with Crippen LogP contribution in [0.2, 0.25) is 0 Å². The molecule has 1 saturated heterocycles. The number of nitrogens with zero attached hydrogens (tertiary/aromatic N) is 2. The zero-order valence-electron chi connectivity index (χ0n) is 18.6. The van der Waals surface area contributed by atoms with E-state index < -0.39 is 22.0 Å². The van der Waals surface area contributed by atoms with Crippen LogP contribution < -0.4 is 0 Å². The maximum Gasteiger partial charge on any atom is 0.328 e. The second-order valence-electron chi connectivity index (χ2n) is 7.34. The second kappa shape index (κ2) is 15.0. The molecular formula is C22H31BrN2O7S. The van der Waals surface area contributed by atoms with Crippen LogP contribution in [0.25, 0.3) is 0 Å². The highest BCUT2D eigenvalue weighted by Crippen LogP contribution is 2.23. The van der Waals surface area contributed by atoms with Gasteiger partial charge in [0.1, 0.15) is 0 Å². The number of likely N-dealkylation sites (N-methyl/N-ethyl adjacent to an activating group) is 1. The summed E-state index contributed by atoms with van der Waals surface area (Å²) in [6.45, 7) is 7.32. The molecule has 0 bridgehead atoms. The lowest BCUT2D eigenvalue weighted by Gasteiger charge is -2.31. The highest BCUT2D eigenvalue weighted by molar-refractivity contribution is 9.10. The Labute approximate surface area is 203 Å². The Morgan fingerprint density at radius 3 is 2.21 bits per heavy atom. The van der Waals surface area contributed by atoms with Crippen molar-refractivity contribution in [3.05, 3.63) is 53.5 Å². The molecular weight excluding hydrogens is 516 g/mol. The number of halogens is 1. The standard InChI is InChI=1S/C18H27BrN2O3S.C4H4O4/c1-3-11-20(2)12-4-15-24-17-9-13-21(14-10-17)25(22,23)18-7-5-16(19)6-8-18;5-3(6)1-2-4(7)8/h3,5-8,17H,1,4,9-15H2,2H3;1-2H,(H,5,6)(H,7,8)/b;2-1+. The summed E-state index contributed by atoms with van der Waals surface area (Å²) in [5, 5.41) is 15.6. The highest BCUT2D eigenvalue weighted by atomic mass is 79.9. The zero-order chi connectivity index (χ0) is 24.9. The van der Waals surface area contributed by atoms with Crippen molar-refractivity contribution >= 4 is 37.9 Å². The van der Waals surface area contributed by atoms with Crippen LogP contribution in [0.1, 0.15) is 19.3 Å². The van der Waals surface area contributed by atoms with E-state index in [1.165, 1.54) is 0 Å². The molecule has 0 spiro atoms. The molecule has 0 aliphatic carbocycles. The summed E-state index contributed by atoms with van der Waals surface area (Å²) >= 11 is 3.33. The predicted molar refractivity (Wildman–Crippen MR) is 129 cm³/mol. The number of carboxylic acids is 2. The van der Waals surface area contributed by atoms with Crippen molar-refractivity contribution in [1.29, 1.82) is 0 Å². The third-order valence-electron chi connectivity index (χ3n) is 4.70. The van der Waals surface area contributed by atoms with Gasteiger partial charge in [0.15, 0.2) is 0 Å². The molecule has 0 unspecified atom stereocenters. The number of sulfonamides is 1. The van der Waals surface area contributed by atoms with E-state index in [1.807, 2.05) is 6.08 Å². The van der Waals surface area contributed by atoms with Crippen LogP contribution in [0.15, 0.2) is 58.4 Å². The van der Waals surface area contributed by atoms with E-state index in [0.29, 0.717) is 36.7 Å². The number of carboxylic acid groups (broad SMARTS) is 2. The van der Waals surface area contributed by atoms with Gasteiger partial charge in [0, 0.05) is 49.4 Å². The Morgan fingerprint density at radius 2 is 1.73 bits per heavy atom. The van der Waals surface area contributed by atoms with Crippen molar-refractivity contribution in [3.8, 4) is 0 Å². The third-order valence-corrected chi connectivity index (χ3v) is 7.14. The van der Waals surface area contributed by atoms with Gasteiger partial charge in [-0.05, 0) is 50.6 Å². The quantitative estimate of drug-likeness (QED) is 0.246. The van der Waals surface area contributed by atoms with E-state index in [1.54, 1.807) is 28.6 Å². The van der Waals surface area contributed by atoms with Crippen molar-refractivity contribution in [2.75, 3.05) is 39.8 Å². The molecule has 33 heavy (non-hydrogen) atoms. The number of ether oxygens (including phenoxy) is 1. The van der Waals surface area contributed by atoms with Gasteiger partial charge < -0.3 is 19.8 Å². The van der Waals surface area contributed by atoms with Crippen molar-refractivity contribution < 1.29 is 33.0 Å². The molecule has 0 aromatic heterocycles. The number of hydrogen-bond acceptors (Lipinski definition) is 6. The second-order valence-corrected chi connectivity index (χ2v) is 10.2. The number of carbonyl (C=O) groups is 2. The number of benzene rings is 1. The van der Waals surface area contributed by atoms with Crippen LogP contribution in [0.3, 0.4) is 0 Å². The largest absolute Gasteiger partial charge is 0.478 e. The SMILES string of the molecule is C=CCN(C)CCCOC1CCN(S(=O)(=O)c2ccc(Br)cc2)CC1.O=C(O)/C=C/C(=O)O. The van der Waals surface area contributed by atoms with E-state index in [4.69, 9.17) is 14.9 Å². The average molecular weight is 547 g/mol. The molecule has 0 radical (unpaired) electrons. The molecule has 2 rings (SSSR count). The molecule has 0 amide bonds. The summed E-state index contributed by atoms with van der Waals surface area (Å²) in [7, 11) is -1.34. The minimum Gasteiger partial charge on any atom is -0.478 e. The fourth-order valence-corrected chi connectivity index (χ4v) is 4.77. The Bertz CT molecular complexity index is 880. The summed E-state index contributed by atoms with van der Waals surface area (Å²) in [6.07, 6.45) is 5.63. The molecule has 9 nitrogen and oxygen atoms in total. The lowest BCUT2D eigenvalue weighted by molar-refractivity contribution is -0.134. The van der Waals surface area contributed by atoms with Gasteiger partial charge in [-0.25, -0.2) is 18.0 Å². The van der Waals surface area contributed by atoms with E-state index in [0.717, 1.165) is 36.8 Å². The van der Waals surface area contributed by atoms with Crippen LogP contribution in [-0.2, 0) is 24.3 Å². The number of piperidine rings is 1. The van der Waals surface area contributed by atoms with Gasteiger partial charge in [-0.2, -0.15) is 4.31 Å². The summed E-state index contributed by atoms with van der Waals surface area (Å²) < 4.78 is 33.7. The van der Waals surface area contributed by atoms with E-state index in [2.05, 4.69) is 34.5 Å². The van der Waals surface area contributed by atoms with E-state index in [-0.39, 0.29) is 6.10 Å². The van der Waals surface area contributed by atoms with Crippen LogP contribution in [0.4, 0.5) is 0 Å². The summed E-state index contributed by atoms with van der Waals surface area (Å²) in [5.41, 5.74) is 0. The van der Waals surface area contributed by atoms with Crippen LogP contribution in [0, 0.1) is 0 Å². The number of rotatable bonds is 11. The summed E-state index contributed by atoms with van der Waals surface area (Å²) in [4.78, 5) is 21.7. The van der Waals surface area contributed by atoms with E-state index >= 15 is 0 Å². The molecule has 1 heterocycles. The Kier molecular flexibility index (Phi) is 13.1. The van der Waals surface area contributed by atoms with E-state index in [9.17, 15) is 18.0 Å². The molecule has 1 fully saturated rings. The summed E-state index contributed by atoms with van der Waals surface area (Å²) in [5.74, 6) is -2.51. The lowest BCUT2D eigenvalue weighted by atomic mass is 10.1. The summed E-state index contributed by atoms with van der Waals surface area (Å²) in [6, 6.07) is 6.79. The molecule has 1 aliphatic rings. The monoisotopic (exact) mass is 546 g/mol. The molecule has 2 N–H and O–H groups in total. The molecule has 1 aromatic carbocycles. The predicted octanol–water partition coefficient (Wildman–Crippen LogP) is 2.84. The highest BCUT2D eigenvalue weighted by Gasteiger charge is 2.29. The van der Waals surface area contributed by atoms with Crippen molar-refractivity contribution in [3.63, 3.8) is 0 Å². The molecule has 1 aromatic rings. The smallest absolute Gasteiger partial charge is 0.328 e. The average Bonchev–Trinajstić information content (AvgIpc) is 2.76. The molecule has 1 aliphatic heterocycles. The van der Waals surface area contributed by atoms with Gasteiger partial charge in [0.05, 0.1) is 11.0 Å². The van der Waals surface area contributed by atoms with Gasteiger partial charge in [-0.3, -0.25) is 0 Å². The Hall–Kier alpha value is -2.05. The van der Waals surface area contributed by atoms with Crippen LogP contribution in [-0.4, -0.2) is 85.7 Å². The first-order valence-electron chi connectivity index (χ1n) is 10.4. The van der Waals surface area contributed by atoms with Gasteiger partial charge >= 0.3 is 11.9 Å².